The lowest BCUT2D eigenvalue weighted by Gasteiger charge is -2.19. The molecule has 1 aromatic rings. The molecule has 5 nitrogen and oxygen atoms in total. The van der Waals surface area contributed by atoms with Crippen molar-refractivity contribution in [3.05, 3.63) is 22.3 Å². The predicted octanol–water partition coefficient (Wildman–Crippen LogP) is 2.74. The van der Waals surface area contributed by atoms with Crippen LogP contribution in [0.25, 0.3) is 0 Å². The second kappa shape index (κ2) is 7.04. The molecule has 20 heavy (non-hydrogen) atoms. The molecule has 0 spiro atoms. The number of likely N-dealkylation sites (N-methyl/N-ethyl adjacent to an activating group) is 1. The number of nitrogens with zero attached hydrogens (tertiary/aromatic N) is 2. The molecule has 0 saturated carbocycles. The van der Waals surface area contributed by atoms with Gasteiger partial charge in [-0.2, -0.15) is 0 Å². The normalized spacial score (nSPS) is 11.6. The van der Waals surface area contributed by atoms with Crippen LogP contribution < -0.4 is 4.74 Å². The second-order valence-electron chi connectivity index (χ2n) is 5.67. The molecule has 0 amide bonds. The number of halogens is 1. The molecule has 0 aliphatic rings. The standard InChI is InChI=1S/C14H21BrN2O3/c1-14(2,3)20-13(18)10-8-11(15)16-12(9-10)19-7-6-17(4)5/h8-9H,6-7H2,1-5H3. The maximum absolute atomic E-state index is 12.0. The molecule has 0 radical (unpaired) electrons. The van der Waals surface area contributed by atoms with Crippen molar-refractivity contribution < 1.29 is 14.3 Å². The average molecular weight is 345 g/mol. The van der Waals surface area contributed by atoms with E-state index in [0.717, 1.165) is 6.54 Å². The molecule has 0 fully saturated rings. The van der Waals surface area contributed by atoms with Crippen LogP contribution in [0.5, 0.6) is 5.88 Å². The highest BCUT2D eigenvalue weighted by Crippen LogP contribution is 2.19. The minimum Gasteiger partial charge on any atom is -0.476 e. The van der Waals surface area contributed by atoms with Crippen LogP contribution in [0, 0.1) is 0 Å². The van der Waals surface area contributed by atoms with Crippen LogP contribution in [0.4, 0.5) is 0 Å². The van der Waals surface area contributed by atoms with E-state index < -0.39 is 11.6 Å². The molecule has 0 atom stereocenters. The molecule has 0 saturated heterocycles. The summed E-state index contributed by atoms with van der Waals surface area (Å²) in [5.74, 6) is 0.0140. The Morgan fingerprint density at radius 2 is 2.00 bits per heavy atom. The zero-order valence-corrected chi connectivity index (χ0v) is 14.2. The Bertz CT molecular complexity index is 470. The minimum absolute atomic E-state index is 0.391. The van der Waals surface area contributed by atoms with Gasteiger partial charge in [0, 0.05) is 12.6 Å². The van der Waals surface area contributed by atoms with E-state index >= 15 is 0 Å². The van der Waals surface area contributed by atoms with Gasteiger partial charge in [0.05, 0.1) is 5.56 Å². The van der Waals surface area contributed by atoms with Gasteiger partial charge in [-0.05, 0) is 56.9 Å². The number of hydrogen-bond donors (Lipinski definition) is 0. The third-order valence-corrected chi connectivity index (χ3v) is 2.60. The van der Waals surface area contributed by atoms with Gasteiger partial charge >= 0.3 is 5.97 Å². The van der Waals surface area contributed by atoms with Crippen molar-refractivity contribution in [2.75, 3.05) is 27.2 Å². The number of hydrogen-bond acceptors (Lipinski definition) is 5. The van der Waals surface area contributed by atoms with Crippen LogP contribution in [0.15, 0.2) is 16.7 Å². The first kappa shape index (κ1) is 16.9. The highest BCUT2D eigenvalue weighted by atomic mass is 79.9. The Morgan fingerprint density at radius 1 is 1.35 bits per heavy atom. The van der Waals surface area contributed by atoms with E-state index in [0.29, 0.717) is 22.7 Å². The number of esters is 1. The van der Waals surface area contributed by atoms with E-state index in [1.807, 2.05) is 39.8 Å². The Hall–Kier alpha value is -1.14. The number of aromatic nitrogens is 1. The molecule has 0 unspecified atom stereocenters. The molecular formula is C14H21BrN2O3. The van der Waals surface area contributed by atoms with Crippen LogP contribution in [-0.4, -0.2) is 48.7 Å². The molecule has 0 aliphatic carbocycles. The van der Waals surface area contributed by atoms with Crippen LogP contribution in [0.3, 0.4) is 0 Å². The second-order valence-corrected chi connectivity index (χ2v) is 6.48. The van der Waals surface area contributed by atoms with Crippen LogP contribution in [0.1, 0.15) is 31.1 Å². The smallest absolute Gasteiger partial charge is 0.338 e. The summed E-state index contributed by atoms with van der Waals surface area (Å²) in [6.07, 6.45) is 0. The summed E-state index contributed by atoms with van der Waals surface area (Å²) in [6, 6.07) is 3.21. The van der Waals surface area contributed by atoms with Crippen molar-refractivity contribution in [2.24, 2.45) is 0 Å². The van der Waals surface area contributed by atoms with Gasteiger partial charge in [0.2, 0.25) is 5.88 Å². The molecule has 1 heterocycles. The van der Waals surface area contributed by atoms with Gasteiger partial charge in [0.15, 0.2) is 0 Å². The van der Waals surface area contributed by atoms with E-state index in [1.54, 1.807) is 12.1 Å². The molecule has 0 bridgehead atoms. The Morgan fingerprint density at radius 3 is 2.55 bits per heavy atom. The third-order valence-electron chi connectivity index (χ3n) is 2.19. The molecule has 0 N–H and O–H groups in total. The summed E-state index contributed by atoms with van der Waals surface area (Å²) in [5, 5.41) is 0. The van der Waals surface area contributed by atoms with E-state index in [-0.39, 0.29) is 0 Å². The monoisotopic (exact) mass is 344 g/mol. The summed E-state index contributed by atoms with van der Waals surface area (Å²) < 4.78 is 11.4. The topological polar surface area (TPSA) is 51.7 Å². The molecule has 0 aliphatic heterocycles. The number of rotatable bonds is 5. The number of pyridine rings is 1. The predicted molar refractivity (Wildman–Crippen MR) is 81.2 cm³/mol. The summed E-state index contributed by atoms with van der Waals surface area (Å²) in [7, 11) is 3.92. The quantitative estimate of drug-likeness (QED) is 0.607. The van der Waals surface area contributed by atoms with Gasteiger partial charge in [0.1, 0.15) is 16.8 Å². The molecule has 1 rings (SSSR count). The van der Waals surface area contributed by atoms with Gasteiger partial charge in [-0.3, -0.25) is 0 Å². The first-order chi connectivity index (χ1) is 9.17. The average Bonchev–Trinajstić information content (AvgIpc) is 2.25. The molecule has 0 aromatic carbocycles. The van der Waals surface area contributed by atoms with Gasteiger partial charge < -0.3 is 14.4 Å². The third kappa shape index (κ3) is 6.34. The van der Waals surface area contributed by atoms with E-state index in [9.17, 15) is 4.79 Å². The van der Waals surface area contributed by atoms with Gasteiger partial charge in [-0.1, -0.05) is 0 Å². The van der Waals surface area contributed by atoms with Crippen molar-refractivity contribution in [2.45, 2.75) is 26.4 Å². The van der Waals surface area contributed by atoms with E-state index in [4.69, 9.17) is 9.47 Å². The number of carbonyl (C=O) groups is 1. The first-order valence-corrected chi connectivity index (χ1v) is 7.15. The van der Waals surface area contributed by atoms with E-state index in [1.165, 1.54) is 0 Å². The number of ether oxygens (including phenoxy) is 2. The fourth-order valence-corrected chi connectivity index (χ4v) is 1.76. The maximum Gasteiger partial charge on any atom is 0.338 e. The van der Waals surface area contributed by atoms with Crippen molar-refractivity contribution in [3.8, 4) is 5.88 Å². The molecule has 112 valence electrons. The number of carbonyl (C=O) groups excluding carboxylic acids is 1. The molecular weight excluding hydrogens is 324 g/mol. The van der Waals surface area contributed by atoms with Gasteiger partial charge in [0.25, 0.3) is 0 Å². The SMILES string of the molecule is CN(C)CCOc1cc(C(=O)OC(C)(C)C)cc(Br)n1. The van der Waals surface area contributed by atoms with Crippen LogP contribution in [0.2, 0.25) is 0 Å². The zero-order chi connectivity index (χ0) is 15.3. The lowest BCUT2D eigenvalue weighted by atomic mass is 10.2. The largest absolute Gasteiger partial charge is 0.476 e. The highest BCUT2D eigenvalue weighted by Gasteiger charge is 2.19. The van der Waals surface area contributed by atoms with Crippen molar-refractivity contribution in [1.82, 2.24) is 9.88 Å². The summed E-state index contributed by atoms with van der Waals surface area (Å²) in [6.45, 7) is 6.76. The lowest BCUT2D eigenvalue weighted by molar-refractivity contribution is 0.00687. The zero-order valence-electron chi connectivity index (χ0n) is 12.6. The van der Waals surface area contributed by atoms with Gasteiger partial charge in [-0.25, -0.2) is 9.78 Å². The maximum atomic E-state index is 12.0. The highest BCUT2D eigenvalue weighted by molar-refractivity contribution is 9.10. The summed E-state index contributed by atoms with van der Waals surface area (Å²) in [5.41, 5.74) is -0.111. The fourth-order valence-electron chi connectivity index (χ4n) is 1.33. The van der Waals surface area contributed by atoms with Crippen LogP contribution in [-0.2, 0) is 4.74 Å². The van der Waals surface area contributed by atoms with Crippen molar-refractivity contribution in [3.63, 3.8) is 0 Å². The summed E-state index contributed by atoms with van der Waals surface area (Å²) >= 11 is 3.27. The fraction of sp³-hybridized carbons (Fsp3) is 0.571. The molecule has 1 aromatic heterocycles. The van der Waals surface area contributed by atoms with Crippen molar-refractivity contribution >= 4 is 21.9 Å². The Kier molecular flexibility index (Phi) is 5.95. The minimum atomic E-state index is -0.529. The van der Waals surface area contributed by atoms with E-state index in [2.05, 4.69) is 20.9 Å². The molecule has 6 heteroatoms. The Balaban J connectivity index is 2.78. The van der Waals surface area contributed by atoms with Gasteiger partial charge in [-0.15, -0.1) is 0 Å². The van der Waals surface area contributed by atoms with Crippen molar-refractivity contribution in [1.29, 1.82) is 0 Å². The lowest BCUT2D eigenvalue weighted by Crippen LogP contribution is -2.24. The summed E-state index contributed by atoms with van der Waals surface area (Å²) in [4.78, 5) is 18.2. The first-order valence-electron chi connectivity index (χ1n) is 6.36. The Labute approximate surface area is 128 Å². The van der Waals surface area contributed by atoms with Crippen LogP contribution >= 0.6 is 15.9 Å².